The zero-order chi connectivity index (χ0) is 32.7. The summed E-state index contributed by atoms with van der Waals surface area (Å²) >= 11 is -3.34. The first kappa shape index (κ1) is 35.6. The third kappa shape index (κ3) is 5.64. The van der Waals surface area contributed by atoms with Crippen LogP contribution in [0.4, 0.5) is 0 Å². The summed E-state index contributed by atoms with van der Waals surface area (Å²) in [5.74, 6) is 2.19. The van der Waals surface area contributed by atoms with Crippen molar-refractivity contribution < 1.29 is 12.2 Å². The molecule has 0 saturated heterocycles. The number of unbranched alkanes of at least 4 members (excludes halogenated alkanes) is 2. The zero-order valence-electron chi connectivity index (χ0n) is 31.2. The molecule has 0 N–H and O–H groups in total. The Morgan fingerprint density at radius 1 is 0.591 bits per heavy atom. The van der Waals surface area contributed by atoms with E-state index in [0.717, 1.165) is 0 Å². The SMILES string of the molecule is CCC[CH2][V]([CH2]CCC)([CH]1C(C)=Cc2c(C(C)C)cc(C(C)C)cc21)([CH]1C(C)=Cc2c(C(C)C)cc(C(C)C)cc21)[SiH](C)C. The van der Waals surface area contributed by atoms with E-state index in [1.54, 1.807) is 55.7 Å². The van der Waals surface area contributed by atoms with Gasteiger partial charge in [-0.1, -0.05) is 0 Å². The maximum atomic E-state index is 2.83. The minimum absolute atomic E-state index is 0.542. The van der Waals surface area contributed by atoms with E-state index < -0.39 is 19.4 Å². The molecule has 0 aromatic heterocycles. The zero-order valence-corrected chi connectivity index (χ0v) is 33.7. The summed E-state index contributed by atoms with van der Waals surface area (Å²) in [6.07, 6.45) is 10.8. The molecule has 0 nitrogen and oxygen atoms in total. The number of hydrogen-bond acceptors (Lipinski definition) is 0. The molecule has 2 aliphatic carbocycles. The van der Waals surface area contributed by atoms with Gasteiger partial charge >= 0.3 is 277 Å². The average molecular weight is 651 g/mol. The van der Waals surface area contributed by atoms with E-state index in [1.165, 1.54) is 35.9 Å². The van der Waals surface area contributed by atoms with Gasteiger partial charge in [-0.2, -0.15) is 0 Å². The second-order valence-electron chi connectivity index (χ2n) is 16.4. The molecule has 0 amide bonds. The van der Waals surface area contributed by atoms with Crippen LogP contribution in [-0.4, -0.2) is 7.17 Å². The van der Waals surface area contributed by atoms with E-state index in [0.29, 0.717) is 32.9 Å². The minimum atomic E-state index is -3.34. The van der Waals surface area contributed by atoms with Crippen molar-refractivity contribution in [3.63, 3.8) is 0 Å². The van der Waals surface area contributed by atoms with Crippen molar-refractivity contribution >= 4 is 19.3 Å². The standard InChI is InChI=1S/2C16H21.2C4H9.C2H7Si.V/c2*1-10(2)13-8-14-6-12(5)7-16(14)15(9-13)11(3)4;2*1-3-4-2;1-3-2;/h2*6-11H,1-5H3;2*1,3-4H2,2H3;3H,1-2H3;. The molecule has 0 saturated carbocycles. The number of fused-ring (bicyclic) bond motifs is 2. The van der Waals surface area contributed by atoms with Crippen molar-refractivity contribution in [2.24, 2.45) is 0 Å². The molecule has 0 heterocycles. The maximum absolute atomic E-state index is 3.34. The number of hydrogen-bond donors (Lipinski definition) is 0. The molecule has 2 atom stereocenters. The van der Waals surface area contributed by atoms with Gasteiger partial charge in [-0.15, -0.1) is 0 Å². The first-order valence-corrected chi connectivity index (χ1v) is 27.2. The topological polar surface area (TPSA) is 0 Å². The molecule has 0 fully saturated rings. The Bertz CT molecular complexity index is 1310. The Hall–Kier alpha value is -1.28. The normalized spacial score (nSPS) is 19.2. The molecule has 0 bridgehead atoms. The van der Waals surface area contributed by atoms with Crippen LogP contribution in [0.15, 0.2) is 35.4 Å². The van der Waals surface area contributed by atoms with Gasteiger partial charge in [0.15, 0.2) is 0 Å². The van der Waals surface area contributed by atoms with Crippen molar-refractivity contribution in [2.45, 2.75) is 165 Å². The fourth-order valence-corrected chi connectivity index (χ4v) is 39.3. The molecule has 2 unspecified atom stereocenters. The summed E-state index contributed by atoms with van der Waals surface area (Å²) in [5, 5.41) is 3.02. The van der Waals surface area contributed by atoms with Gasteiger partial charge in [-0.3, -0.25) is 0 Å². The number of allylic oxidation sites excluding steroid dienone is 2. The van der Waals surface area contributed by atoms with Gasteiger partial charge in [0.05, 0.1) is 0 Å². The molecule has 0 aliphatic heterocycles. The van der Waals surface area contributed by atoms with E-state index in [9.17, 15) is 0 Å². The summed E-state index contributed by atoms with van der Waals surface area (Å²) in [7, 11) is -1.18. The van der Waals surface area contributed by atoms with Gasteiger partial charge < -0.3 is 0 Å². The van der Waals surface area contributed by atoms with Crippen LogP contribution in [0, 0.1) is 0 Å². The molecule has 4 rings (SSSR count). The van der Waals surface area contributed by atoms with Gasteiger partial charge in [0.25, 0.3) is 0 Å². The molecule has 244 valence electrons. The van der Waals surface area contributed by atoms with Crippen LogP contribution in [-0.2, 0) is 12.2 Å². The first-order valence-electron chi connectivity index (χ1n) is 18.4. The van der Waals surface area contributed by atoms with Crippen molar-refractivity contribution in [3.05, 3.63) is 79.9 Å². The molecular weight excluding hydrogens is 583 g/mol. The summed E-state index contributed by atoms with van der Waals surface area (Å²) in [4.78, 5) is 0. The average Bonchev–Trinajstić information content (AvgIpc) is 3.48. The predicted octanol–water partition coefficient (Wildman–Crippen LogP) is 13.9. The summed E-state index contributed by atoms with van der Waals surface area (Å²) in [5.41, 5.74) is 16.5. The molecule has 44 heavy (non-hydrogen) atoms. The predicted molar refractivity (Wildman–Crippen MR) is 200 cm³/mol. The third-order valence-electron chi connectivity index (χ3n) is 12.1. The number of benzene rings is 2. The fourth-order valence-electron chi connectivity index (χ4n) is 9.70. The van der Waals surface area contributed by atoms with Gasteiger partial charge in [0, 0.05) is 0 Å². The van der Waals surface area contributed by atoms with Crippen LogP contribution in [0.2, 0.25) is 23.4 Å². The molecular formula is C42H67SiV. The summed E-state index contributed by atoms with van der Waals surface area (Å²) in [6, 6.07) is 10.6. The molecule has 0 spiro atoms. The Morgan fingerprint density at radius 3 is 1.23 bits per heavy atom. The second-order valence-corrected chi connectivity index (χ2v) is 37.5. The van der Waals surface area contributed by atoms with E-state index in [2.05, 4.69) is 133 Å². The van der Waals surface area contributed by atoms with Crippen LogP contribution in [0.3, 0.4) is 0 Å². The Kier molecular flexibility index (Phi) is 10.9. The fraction of sp³-hybridized carbons (Fsp3) is 0.619. The van der Waals surface area contributed by atoms with E-state index >= 15 is 0 Å². The van der Waals surface area contributed by atoms with Gasteiger partial charge in [0.1, 0.15) is 0 Å². The summed E-state index contributed by atoms with van der Waals surface area (Å²) < 4.78 is 1.29. The summed E-state index contributed by atoms with van der Waals surface area (Å²) in [6.45, 7) is 35.0. The van der Waals surface area contributed by atoms with Crippen LogP contribution >= 0.6 is 0 Å². The molecule has 2 aliphatic rings. The van der Waals surface area contributed by atoms with Crippen molar-refractivity contribution in [1.82, 2.24) is 0 Å². The van der Waals surface area contributed by atoms with Gasteiger partial charge in [-0.25, -0.2) is 0 Å². The van der Waals surface area contributed by atoms with E-state index in [-0.39, 0.29) is 0 Å². The molecule has 0 radical (unpaired) electrons. The first-order chi connectivity index (χ1) is 20.6. The van der Waals surface area contributed by atoms with Crippen molar-refractivity contribution in [3.8, 4) is 0 Å². The van der Waals surface area contributed by atoms with Gasteiger partial charge in [0.2, 0.25) is 0 Å². The quantitative estimate of drug-likeness (QED) is 0.189. The molecule has 2 aromatic carbocycles. The van der Waals surface area contributed by atoms with Crippen LogP contribution in [0.25, 0.3) is 12.2 Å². The number of rotatable bonds is 13. The molecule has 2 heteroatoms. The van der Waals surface area contributed by atoms with Gasteiger partial charge in [-0.05, 0) is 0 Å². The van der Waals surface area contributed by atoms with Crippen LogP contribution in [0.5, 0.6) is 0 Å². The van der Waals surface area contributed by atoms with Crippen LogP contribution < -0.4 is 0 Å². The van der Waals surface area contributed by atoms with Crippen LogP contribution in [0.1, 0.15) is 186 Å². The monoisotopic (exact) mass is 650 g/mol. The van der Waals surface area contributed by atoms with E-state index in [4.69, 9.17) is 0 Å². The molecule has 2 aromatic rings. The second kappa shape index (κ2) is 13.4. The third-order valence-corrected chi connectivity index (χ3v) is 42.4. The van der Waals surface area contributed by atoms with Crippen molar-refractivity contribution in [1.29, 1.82) is 0 Å². The van der Waals surface area contributed by atoms with E-state index in [1.807, 2.05) is 0 Å². The Morgan fingerprint density at radius 2 is 0.955 bits per heavy atom. The Labute approximate surface area is 275 Å². The van der Waals surface area contributed by atoms with Crippen molar-refractivity contribution in [2.75, 3.05) is 0 Å². The Balaban J connectivity index is 2.21.